The van der Waals surface area contributed by atoms with Crippen molar-refractivity contribution in [2.24, 2.45) is 0 Å². The Labute approximate surface area is 73.6 Å². The Bertz CT molecular complexity index is 184. The summed E-state index contributed by atoms with van der Waals surface area (Å²) < 4.78 is 11.6. The molecule has 0 spiro atoms. The topological polar surface area (TPSA) is 0 Å². The molecule has 0 amide bonds. The number of rotatable bonds is 2. The summed E-state index contributed by atoms with van der Waals surface area (Å²) in [6, 6.07) is 9.66. The molecule has 10 heavy (non-hydrogen) atoms. The van der Waals surface area contributed by atoms with Gasteiger partial charge in [-0.05, 0) is 28.2 Å². The minimum absolute atomic E-state index is 0.515. The summed E-state index contributed by atoms with van der Waals surface area (Å²) in [6.45, 7) is 0. The van der Waals surface area contributed by atoms with Crippen molar-refractivity contribution < 1.29 is 4.39 Å². The van der Waals surface area contributed by atoms with Crippen LogP contribution in [0.4, 0.5) is 4.39 Å². The van der Waals surface area contributed by atoms with Gasteiger partial charge in [-0.2, -0.15) is 0 Å². The maximum Gasteiger partial charge on any atom is 0.155 e. The predicted molar refractivity (Wildman–Crippen MR) is 49.1 cm³/mol. The fourth-order valence-electron chi connectivity index (χ4n) is 0.792. The van der Waals surface area contributed by atoms with Crippen molar-refractivity contribution in [3.8, 4) is 0 Å². The van der Waals surface area contributed by atoms with Gasteiger partial charge in [0, 0.05) is 6.42 Å². The highest BCUT2D eigenvalue weighted by Crippen LogP contribution is 2.10. The maximum atomic E-state index is 12.4. The first-order valence-electron chi connectivity index (χ1n) is 3.11. The van der Waals surface area contributed by atoms with Gasteiger partial charge < -0.3 is 0 Å². The maximum absolute atomic E-state index is 12.4. The molecule has 1 aromatic carbocycles. The van der Waals surface area contributed by atoms with Crippen LogP contribution in [0.5, 0.6) is 0 Å². The molecule has 0 radical (unpaired) electrons. The van der Waals surface area contributed by atoms with E-state index in [-0.39, 0.29) is 0 Å². The largest absolute Gasteiger partial charge is 0.236 e. The second-order valence-electron chi connectivity index (χ2n) is 2.08. The van der Waals surface area contributed by atoms with Crippen LogP contribution < -0.4 is 0 Å². The average molecular weight is 250 g/mol. The molecule has 1 aromatic rings. The number of benzene rings is 1. The Morgan fingerprint density at radius 2 is 1.90 bits per heavy atom. The van der Waals surface area contributed by atoms with Crippen LogP contribution in [0.3, 0.4) is 0 Å². The molecule has 1 rings (SSSR count). The molecule has 0 nitrogen and oxygen atoms in total. The Kier molecular flexibility index (Phi) is 3.12. The third-order valence-electron chi connectivity index (χ3n) is 1.23. The fraction of sp³-hybridized carbons (Fsp3) is 0.250. The minimum atomic E-state index is -0.764. The average Bonchev–Trinajstić information content (AvgIpc) is 1.88. The van der Waals surface area contributed by atoms with Gasteiger partial charge in [0.05, 0.1) is 0 Å². The molecular formula is C8H8FI. The van der Waals surface area contributed by atoms with Crippen molar-refractivity contribution in [1.29, 1.82) is 0 Å². The smallest absolute Gasteiger partial charge is 0.155 e. The normalized spacial score (nSPS) is 13.0. The van der Waals surface area contributed by atoms with Gasteiger partial charge in [0.2, 0.25) is 0 Å². The monoisotopic (exact) mass is 250 g/mol. The number of halogens is 2. The zero-order valence-corrected chi connectivity index (χ0v) is 7.58. The van der Waals surface area contributed by atoms with Crippen LogP contribution in [0.15, 0.2) is 30.3 Å². The van der Waals surface area contributed by atoms with Crippen LogP contribution in [-0.2, 0) is 6.42 Å². The number of hydrogen-bond donors (Lipinski definition) is 0. The van der Waals surface area contributed by atoms with Crippen molar-refractivity contribution in [3.05, 3.63) is 35.9 Å². The van der Waals surface area contributed by atoms with Gasteiger partial charge in [-0.15, -0.1) is 0 Å². The van der Waals surface area contributed by atoms with Gasteiger partial charge in [0.1, 0.15) is 0 Å². The highest BCUT2D eigenvalue weighted by molar-refractivity contribution is 14.1. The molecule has 0 aliphatic carbocycles. The van der Waals surface area contributed by atoms with Gasteiger partial charge in [-0.3, -0.25) is 0 Å². The first-order valence-corrected chi connectivity index (χ1v) is 4.35. The lowest BCUT2D eigenvalue weighted by molar-refractivity contribution is 0.471. The lowest BCUT2D eigenvalue weighted by Crippen LogP contribution is -1.92. The van der Waals surface area contributed by atoms with Gasteiger partial charge >= 0.3 is 0 Å². The number of hydrogen-bond acceptors (Lipinski definition) is 0. The second kappa shape index (κ2) is 3.91. The van der Waals surface area contributed by atoms with E-state index < -0.39 is 4.18 Å². The van der Waals surface area contributed by atoms with E-state index in [1.807, 2.05) is 30.3 Å². The molecular weight excluding hydrogens is 242 g/mol. The van der Waals surface area contributed by atoms with E-state index >= 15 is 0 Å². The minimum Gasteiger partial charge on any atom is -0.236 e. The van der Waals surface area contributed by atoms with Crippen molar-refractivity contribution in [3.63, 3.8) is 0 Å². The molecule has 2 heteroatoms. The van der Waals surface area contributed by atoms with Crippen LogP contribution >= 0.6 is 22.6 Å². The zero-order valence-electron chi connectivity index (χ0n) is 5.43. The Balaban J connectivity index is 2.59. The summed E-state index contributed by atoms with van der Waals surface area (Å²) in [5.74, 6) is 0. The molecule has 0 bridgehead atoms. The van der Waals surface area contributed by atoms with Crippen molar-refractivity contribution in [2.75, 3.05) is 0 Å². The molecule has 0 aromatic heterocycles. The van der Waals surface area contributed by atoms with E-state index in [4.69, 9.17) is 0 Å². The quantitative estimate of drug-likeness (QED) is 0.559. The van der Waals surface area contributed by atoms with Crippen LogP contribution in [0.1, 0.15) is 5.56 Å². The van der Waals surface area contributed by atoms with Gasteiger partial charge in [-0.25, -0.2) is 4.39 Å². The zero-order chi connectivity index (χ0) is 7.40. The first-order chi connectivity index (χ1) is 4.79. The highest BCUT2D eigenvalue weighted by atomic mass is 127. The lowest BCUT2D eigenvalue weighted by Gasteiger charge is -1.98. The van der Waals surface area contributed by atoms with E-state index in [1.165, 1.54) is 0 Å². The Morgan fingerprint density at radius 3 is 2.40 bits per heavy atom. The van der Waals surface area contributed by atoms with Gasteiger partial charge in [-0.1, -0.05) is 30.3 Å². The van der Waals surface area contributed by atoms with Crippen LogP contribution in [-0.4, -0.2) is 4.18 Å². The molecule has 0 unspecified atom stereocenters. The SMILES string of the molecule is F[C@@H](I)Cc1ccccc1. The molecule has 0 saturated heterocycles. The molecule has 0 aliphatic heterocycles. The third-order valence-corrected chi connectivity index (χ3v) is 1.67. The van der Waals surface area contributed by atoms with E-state index in [9.17, 15) is 4.39 Å². The van der Waals surface area contributed by atoms with E-state index in [0.29, 0.717) is 6.42 Å². The standard InChI is InChI=1S/C8H8FI/c9-8(10)6-7-4-2-1-3-5-7/h1-5,8H,6H2/t8-/m0/s1. The summed E-state index contributed by atoms with van der Waals surface area (Å²) in [4.78, 5) is 0. The van der Waals surface area contributed by atoms with Crippen LogP contribution in [0.2, 0.25) is 0 Å². The van der Waals surface area contributed by atoms with E-state index in [0.717, 1.165) is 5.56 Å². The number of alkyl halides is 2. The highest BCUT2D eigenvalue weighted by Gasteiger charge is 1.99. The Morgan fingerprint density at radius 1 is 1.30 bits per heavy atom. The molecule has 0 heterocycles. The predicted octanol–water partition coefficient (Wildman–Crippen LogP) is 2.96. The van der Waals surface area contributed by atoms with E-state index in [2.05, 4.69) is 0 Å². The Hall–Kier alpha value is -0.120. The summed E-state index contributed by atoms with van der Waals surface area (Å²) in [7, 11) is 0. The molecule has 0 aliphatic rings. The summed E-state index contributed by atoms with van der Waals surface area (Å²) in [6.07, 6.45) is 0.515. The van der Waals surface area contributed by atoms with Gasteiger partial charge in [0.15, 0.2) is 4.18 Å². The van der Waals surface area contributed by atoms with Gasteiger partial charge in [0.25, 0.3) is 0 Å². The van der Waals surface area contributed by atoms with Crippen molar-refractivity contribution in [1.82, 2.24) is 0 Å². The van der Waals surface area contributed by atoms with Crippen LogP contribution in [0.25, 0.3) is 0 Å². The molecule has 0 fully saturated rings. The summed E-state index contributed by atoms with van der Waals surface area (Å²) >= 11 is 1.78. The summed E-state index contributed by atoms with van der Waals surface area (Å²) in [5, 5.41) is 0. The molecule has 1 atom stereocenters. The molecule has 0 saturated carbocycles. The van der Waals surface area contributed by atoms with Crippen LogP contribution in [0, 0.1) is 0 Å². The van der Waals surface area contributed by atoms with E-state index in [1.54, 1.807) is 22.6 Å². The van der Waals surface area contributed by atoms with Crippen molar-refractivity contribution in [2.45, 2.75) is 10.6 Å². The lowest BCUT2D eigenvalue weighted by atomic mass is 10.2. The van der Waals surface area contributed by atoms with Crippen molar-refractivity contribution >= 4 is 22.6 Å². The molecule has 54 valence electrons. The second-order valence-corrected chi connectivity index (χ2v) is 3.43. The summed E-state index contributed by atoms with van der Waals surface area (Å²) in [5.41, 5.74) is 1.06. The molecule has 0 N–H and O–H groups in total. The first kappa shape index (κ1) is 7.98. The third kappa shape index (κ3) is 2.64. The fourth-order valence-corrected chi connectivity index (χ4v) is 1.30.